The van der Waals surface area contributed by atoms with Gasteiger partial charge in [-0.3, -0.25) is 4.98 Å². The van der Waals surface area contributed by atoms with Gasteiger partial charge in [0.25, 0.3) is 0 Å². The van der Waals surface area contributed by atoms with E-state index in [1.807, 2.05) is 37.3 Å². The van der Waals surface area contributed by atoms with Gasteiger partial charge < -0.3 is 15.0 Å². The van der Waals surface area contributed by atoms with Crippen LogP contribution in [0.3, 0.4) is 0 Å². The SMILES string of the molecule is COc1ccc(SN2CCN(c3nc(C)cc(Nc4cccnc4)n3)CC2)cc1. The zero-order valence-corrected chi connectivity index (χ0v) is 17.4. The highest BCUT2D eigenvalue weighted by Gasteiger charge is 2.20. The Bertz CT molecular complexity index is 930. The van der Waals surface area contributed by atoms with Crippen LogP contribution in [0.15, 0.2) is 59.8 Å². The van der Waals surface area contributed by atoms with Gasteiger partial charge in [-0.05, 0) is 55.3 Å². The summed E-state index contributed by atoms with van der Waals surface area (Å²) in [4.78, 5) is 17.0. The van der Waals surface area contributed by atoms with Crippen molar-refractivity contribution in [3.63, 3.8) is 0 Å². The van der Waals surface area contributed by atoms with Crippen molar-refractivity contribution in [2.75, 3.05) is 43.5 Å². The average molecular weight is 409 g/mol. The second-order valence-corrected chi connectivity index (χ2v) is 7.91. The first-order valence-corrected chi connectivity index (χ1v) is 10.3. The van der Waals surface area contributed by atoms with E-state index in [0.717, 1.165) is 55.1 Å². The van der Waals surface area contributed by atoms with Gasteiger partial charge in [0.15, 0.2) is 0 Å². The molecule has 1 N–H and O–H groups in total. The van der Waals surface area contributed by atoms with Crippen LogP contribution >= 0.6 is 11.9 Å². The van der Waals surface area contributed by atoms with E-state index in [9.17, 15) is 0 Å². The van der Waals surface area contributed by atoms with Crippen molar-refractivity contribution in [3.8, 4) is 5.75 Å². The van der Waals surface area contributed by atoms with Gasteiger partial charge in [0.05, 0.1) is 19.0 Å². The van der Waals surface area contributed by atoms with Crippen molar-refractivity contribution in [3.05, 3.63) is 60.6 Å². The molecule has 1 saturated heterocycles. The third-order valence-corrected chi connectivity index (χ3v) is 5.70. The van der Waals surface area contributed by atoms with Gasteiger partial charge in [-0.2, -0.15) is 4.98 Å². The van der Waals surface area contributed by atoms with Crippen molar-refractivity contribution < 1.29 is 4.74 Å². The largest absolute Gasteiger partial charge is 0.497 e. The number of nitrogens with one attached hydrogen (secondary N) is 1. The molecule has 0 unspecified atom stereocenters. The van der Waals surface area contributed by atoms with E-state index in [0.29, 0.717) is 0 Å². The lowest BCUT2D eigenvalue weighted by molar-refractivity contribution is 0.414. The Balaban J connectivity index is 1.37. The maximum Gasteiger partial charge on any atom is 0.227 e. The molecule has 29 heavy (non-hydrogen) atoms. The summed E-state index contributed by atoms with van der Waals surface area (Å²) in [6.45, 7) is 5.66. The highest BCUT2D eigenvalue weighted by atomic mass is 32.2. The standard InChI is InChI=1S/C21H24N6OS/c1-16-14-20(24-17-4-3-9-22-15-17)25-21(23-16)26-10-12-27(13-11-26)29-19-7-5-18(28-2)6-8-19/h3-9,14-15H,10-13H2,1-2H3,(H,23,24,25). The molecule has 1 aliphatic rings. The van der Waals surface area contributed by atoms with Crippen LogP contribution in [0.4, 0.5) is 17.5 Å². The Hall–Kier alpha value is -2.84. The molecule has 150 valence electrons. The smallest absolute Gasteiger partial charge is 0.227 e. The van der Waals surface area contributed by atoms with E-state index in [-0.39, 0.29) is 0 Å². The van der Waals surface area contributed by atoms with Gasteiger partial charge in [-0.15, -0.1) is 0 Å². The fourth-order valence-corrected chi connectivity index (χ4v) is 4.01. The molecule has 4 rings (SSSR count). The quantitative estimate of drug-likeness (QED) is 0.619. The predicted molar refractivity (Wildman–Crippen MR) is 117 cm³/mol. The molecule has 1 fully saturated rings. The van der Waals surface area contributed by atoms with Crippen LogP contribution in [-0.2, 0) is 0 Å². The maximum atomic E-state index is 5.23. The van der Waals surface area contributed by atoms with Crippen LogP contribution in [0.25, 0.3) is 0 Å². The number of hydrogen-bond donors (Lipinski definition) is 1. The number of pyridine rings is 1. The Morgan fingerprint density at radius 3 is 2.52 bits per heavy atom. The summed E-state index contributed by atoms with van der Waals surface area (Å²) in [5.74, 6) is 2.44. The number of aromatic nitrogens is 3. The number of aryl methyl sites for hydroxylation is 1. The lowest BCUT2D eigenvalue weighted by Gasteiger charge is -2.34. The summed E-state index contributed by atoms with van der Waals surface area (Å²) in [6, 6.07) is 14.0. The highest BCUT2D eigenvalue weighted by Crippen LogP contribution is 2.27. The molecule has 0 amide bonds. The highest BCUT2D eigenvalue weighted by molar-refractivity contribution is 7.97. The molecule has 0 aliphatic carbocycles. The van der Waals surface area contributed by atoms with Crippen molar-refractivity contribution in [2.45, 2.75) is 11.8 Å². The molecular weight excluding hydrogens is 384 g/mol. The molecule has 0 spiro atoms. The number of anilines is 3. The third kappa shape index (κ3) is 5.16. The molecule has 0 bridgehead atoms. The molecule has 7 nitrogen and oxygen atoms in total. The molecule has 1 aromatic carbocycles. The van der Waals surface area contributed by atoms with Crippen LogP contribution in [0.5, 0.6) is 5.75 Å². The van der Waals surface area contributed by atoms with Gasteiger partial charge in [-0.25, -0.2) is 9.29 Å². The number of benzene rings is 1. The lowest BCUT2D eigenvalue weighted by Crippen LogP contribution is -2.44. The van der Waals surface area contributed by atoms with Crippen molar-refractivity contribution in [1.82, 2.24) is 19.3 Å². The second-order valence-electron chi connectivity index (χ2n) is 6.74. The van der Waals surface area contributed by atoms with Crippen LogP contribution < -0.4 is 15.0 Å². The molecule has 2 aromatic heterocycles. The van der Waals surface area contributed by atoms with Crippen molar-refractivity contribution in [2.24, 2.45) is 0 Å². The Morgan fingerprint density at radius 2 is 1.83 bits per heavy atom. The Labute approximate surface area is 175 Å². The van der Waals surface area contributed by atoms with Crippen LogP contribution in [-0.4, -0.2) is 52.5 Å². The molecule has 0 atom stereocenters. The number of methoxy groups -OCH3 is 1. The van der Waals surface area contributed by atoms with Gasteiger partial charge in [0, 0.05) is 49.0 Å². The molecule has 3 heterocycles. The van der Waals surface area contributed by atoms with Crippen molar-refractivity contribution in [1.29, 1.82) is 0 Å². The Morgan fingerprint density at radius 1 is 1.03 bits per heavy atom. The predicted octanol–water partition coefficient (Wildman–Crippen LogP) is 3.76. The Kier molecular flexibility index (Phi) is 6.12. The van der Waals surface area contributed by atoms with E-state index < -0.39 is 0 Å². The van der Waals surface area contributed by atoms with Gasteiger partial charge in [-0.1, -0.05) is 0 Å². The van der Waals surface area contributed by atoms with Gasteiger partial charge in [0.1, 0.15) is 11.6 Å². The van der Waals surface area contributed by atoms with Gasteiger partial charge in [0.2, 0.25) is 5.95 Å². The average Bonchev–Trinajstić information content (AvgIpc) is 2.75. The summed E-state index contributed by atoms with van der Waals surface area (Å²) in [7, 11) is 1.69. The number of rotatable bonds is 6. The van der Waals surface area contributed by atoms with Crippen LogP contribution in [0, 0.1) is 6.92 Å². The fraction of sp³-hybridized carbons (Fsp3) is 0.286. The minimum atomic E-state index is 0.769. The first kappa shape index (κ1) is 19.5. The lowest BCUT2D eigenvalue weighted by atomic mass is 10.3. The van der Waals surface area contributed by atoms with E-state index in [1.165, 1.54) is 4.90 Å². The normalized spacial score (nSPS) is 14.6. The minimum Gasteiger partial charge on any atom is -0.497 e. The van der Waals surface area contributed by atoms with E-state index in [2.05, 4.69) is 36.6 Å². The summed E-state index contributed by atoms with van der Waals surface area (Å²) in [5, 5.41) is 3.31. The summed E-state index contributed by atoms with van der Waals surface area (Å²) in [6.07, 6.45) is 3.54. The summed E-state index contributed by atoms with van der Waals surface area (Å²) < 4.78 is 7.60. The zero-order valence-electron chi connectivity index (χ0n) is 16.6. The van der Waals surface area contributed by atoms with Crippen LogP contribution in [0.2, 0.25) is 0 Å². The topological polar surface area (TPSA) is 66.4 Å². The number of ether oxygens (including phenoxy) is 1. The third-order valence-electron chi connectivity index (χ3n) is 4.59. The minimum absolute atomic E-state index is 0.769. The second kappa shape index (κ2) is 9.11. The molecule has 0 radical (unpaired) electrons. The van der Waals surface area contributed by atoms with Crippen LogP contribution in [0.1, 0.15) is 5.69 Å². The molecule has 0 saturated carbocycles. The first-order chi connectivity index (χ1) is 14.2. The first-order valence-electron chi connectivity index (χ1n) is 9.54. The number of nitrogens with zero attached hydrogens (tertiary/aromatic N) is 5. The van der Waals surface area contributed by atoms with E-state index in [1.54, 1.807) is 31.5 Å². The molecule has 1 aliphatic heterocycles. The maximum absolute atomic E-state index is 5.23. The summed E-state index contributed by atoms with van der Waals surface area (Å²) >= 11 is 1.78. The molecular formula is C21H24N6OS. The summed E-state index contributed by atoms with van der Waals surface area (Å²) in [5.41, 5.74) is 1.86. The molecule has 3 aromatic rings. The zero-order chi connectivity index (χ0) is 20.1. The monoisotopic (exact) mass is 408 g/mol. The van der Waals surface area contributed by atoms with E-state index >= 15 is 0 Å². The number of piperazine rings is 1. The fourth-order valence-electron chi connectivity index (χ4n) is 3.11. The molecule has 8 heteroatoms. The van der Waals surface area contributed by atoms with E-state index in [4.69, 9.17) is 9.72 Å². The number of hydrogen-bond acceptors (Lipinski definition) is 8. The van der Waals surface area contributed by atoms with Crippen molar-refractivity contribution >= 4 is 29.4 Å². The van der Waals surface area contributed by atoms with Gasteiger partial charge >= 0.3 is 0 Å².